The van der Waals surface area contributed by atoms with Gasteiger partial charge in [0.25, 0.3) is 17.2 Å². The highest BCUT2D eigenvalue weighted by Gasteiger charge is 2.17. The Balaban J connectivity index is 1.89. The van der Waals surface area contributed by atoms with Gasteiger partial charge in [-0.2, -0.15) is 0 Å². The summed E-state index contributed by atoms with van der Waals surface area (Å²) < 4.78 is 23.7. The second-order valence-electron chi connectivity index (χ2n) is 5.65. The van der Waals surface area contributed by atoms with E-state index in [9.17, 15) is 18.5 Å². The lowest BCUT2D eigenvalue weighted by Gasteiger charge is -2.20. The fourth-order valence-corrected chi connectivity index (χ4v) is 3.38. The molecular formula is C19H14BrN3O4S. The topological polar surface area (TPSA) is 99.1 Å². The number of amides is 1. The molecule has 9 heteroatoms. The molecular weight excluding hydrogens is 446 g/mol. The third kappa shape index (κ3) is 4.69. The van der Waals surface area contributed by atoms with Crippen molar-refractivity contribution in [1.82, 2.24) is 0 Å². The summed E-state index contributed by atoms with van der Waals surface area (Å²) in [7, 11) is 0. The van der Waals surface area contributed by atoms with Crippen LogP contribution in [0.15, 0.2) is 82.4 Å². The number of hydrogen-bond acceptors (Lipinski definition) is 4. The molecule has 1 amide bonds. The van der Waals surface area contributed by atoms with E-state index >= 15 is 0 Å². The number of carbonyl (C=O) groups is 1. The zero-order chi connectivity index (χ0) is 20.1. The molecule has 0 saturated heterocycles. The fraction of sp³-hybridized carbons (Fsp3) is 0. The summed E-state index contributed by atoms with van der Waals surface area (Å²) in [5.41, 5.74) is 1.77. The van der Waals surface area contributed by atoms with Crippen LogP contribution in [0.5, 0.6) is 0 Å². The molecule has 3 aromatic rings. The van der Waals surface area contributed by atoms with E-state index in [1.807, 2.05) is 0 Å². The number of halogens is 1. The van der Waals surface area contributed by atoms with Crippen LogP contribution in [0.4, 0.5) is 22.7 Å². The van der Waals surface area contributed by atoms with Gasteiger partial charge in [0, 0.05) is 15.7 Å². The van der Waals surface area contributed by atoms with Crippen LogP contribution in [0.2, 0.25) is 0 Å². The average molecular weight is 460 g/mol. The molecule has 0 bridgehead atoms. The largest absolute Gasteiger partial charge is 0.322 e. The first-order valence-corrected chi connectivity index (χ1v) is 9.85. The zero-order valence-corrected chi connectivity index (χ0v) is 16.7. The lowest BCUT2D eigenvalue weighted by Crippen LogP contribution is -2.20. The van der Waals surface area contributed by atoms with Crippen molar-refractivity contribution in [2.45, 2.75) is 0 Å². The lowest BCUT2D eigenvalue weighted by atomic mass is 10.1. The Kier molecular flexibility index (Phi) is 6.30. The molecule has 0 aromatic heterocycles. The molecule has 3 aromatic carbocycles. The molecule has 1 atom stereocenters. The summed E-state index contributed by atoms with van der Waals surface area (Å²) in [4.78, 5) is 23.2. The zero-order valence-electron chi connectivity index (χ0n) is 14.3. The Hall–Kier alpha value is -2.88. The van der Waals surface area contributed by atoms with Gasteiger partial charge in [-0.05, 0) is 65.8 Å². The third-order valence-corrected chi connectivity index (χ3v) is 5.03. The summed E-state index contributed by atoms with van der Waals surface area (Å²) in [6, 6.07) is 19.4. The first-order valence-electron chi connectivity index (χ1n) is 7.99. The van der Waals surface area contributed by atoms with E-state index in [4.69, 9.17) is 0 Å². The number of nitrogens with zero attached hydrogens (tertiary/aromatic N) is 2. The second-order valence-corrected chi connectivity index (χ2v) is 7.39. The number of rotatable bonds is 6. The summed E-state index contributed by atoms with van der Waals surface area (Å²) in [5.74, 6) is -0.427. The van der Waals surface area contributed by atoms with Gasteiger partial charge in [-0.15, -0.1) is 4.91 Å². The smallest absolute Gasteiger partial charge is 0.266 e. The quantitative estimate of drug-likeness (QED) is 0.382. The fourth-order valence-electron chi connectivity index (χ4n) is 2.52. The van der Waals surface area contributed by atoms with Crippen molar-refractivity contribution >= 4 is 55.9 Å². The minimum absolute atomic E-state index is 0.198. The van der Waals surface area contributed by atoms with Gasteiger partial charge >= 0.3 is 0 Å². The Morgan fingerprint density at radius 3 is 2.39 bits per heavy atom. The van der Waals surface area contributed by atoms with Crippen LogP contribution in [0.1, 0.15) is 10.4 Å². The number of benzene rings is 3. The molecule has 28 heavy (non-hydrogen) atoms. The minimum atomic E-state index is -2.34. The normalized spacial score (nSPS) is 11.5. The predicted molar refractivity (Wildman–Crippen MR) is 113 cm³/mol. The predicted octanol–water partition coefficient (Wildman–Crippen LogP) is 5.37. The van der Waals surface area contributed by atoms with Gasteiger partial charge in [-0.1, -0.05) is 28.1 Å². The van der Waals surface area contributed by atoms with E-state index in [1.165, 1.54) is 22.5 Å². The lowest BCUT2D eigenvalue weighted by molar-refractivity contribution is 0.102. The van der Waals surface area contributed by atoms with Gasteiger partial charge in [-0.25, -0.2) is 8.51 Å². The number of anilines is 3. The van der Waals surface area contributed by atoms with E-state index < -0.39 is 17.2 Å². The van der Waals surface area contributed by atoms with Crippen LogP contribution in [0.3, 0.4) is 0 Å². The van der Waals surface area contributed by atoms with E-state index in [1.54, 1.807) is 54.6 Å². The van der Waals surface area contributed by atoms with Crippen LogP contribution < -0.4 is 9.62 Å². The van der Waals surface area contributed by atoms with Crippen molar-refractivity contribution in [1.29, 1.82) is 0 Å². The van der Waals surface area contributed by atoms with Crippen molar-refractivity contribution in [2.24, 2.45) is 5.18 Å². The first-order chi connectivity index (χ1) is 13.5. The Morgan fingerprint density at radius 1 is 1.00 bits per heavy atom. The summed E-state index contributed by atoms with van der Waals surface area (Å²) in [6.07, 6.45) is 0. The van der Waals surface area contributed by atoms with Crippen molar-refractivity contribution in [3.05, 3.63) is 87.7 Å². The monoisotopic (exact) mass is 459 g/mol. The molecule has 0 spiro atoms. The van der Waals surface area contributed by atoms with E-state index in [-0.39, 0.29) is 11.3 Å². The summed E-state index contributed by atoms with van der Waals surface area (Å²) in [5, 5.41) is 5.51. The highest BCUT2D eigenvalue weighted by Crippen LogP contribution is 2.29. The van der Waals surface area contributed by atoms with Gasteiger partial charge in [0.15, 0.2) is 0 Å². The minimum Gasteiger partial charge on any atom is -0.322 e. The second kappa shape index (κ2) is 8.87. The van der Waals surface area contributed by atoms with Crippen molar-refractivity contribution in [3.63, 3.8) is 0 Å². The van der Waals surface area contributed by atoms with Crippen LogP contribution in [0, 0.1) is 4.91 Å². The van der Waals surface area contributed by atoms with Crippen LogP contribution >= 0.6 is 15.9 Å². The van der Waals surface area contributed by atoms with Gasteiger partial charge in [0.2, 0.25) is 0 Å². The molecule has 1 unspecified atom stereocenters. The first kappa shape index (κ1) is 19.9. The maximum atomic E-state index is 12.6. The molecule has 2 N–H and O–H groups in total. The van der Waals surface area contributed by atoms with Crippen molar-refractivity contribution in [3.8, 4) is 0 Å². The molecule has 0 radical (unpaired) electrons. The third-order valence-electron chi connectivity index (χ3n) is 3.77. The maximum absolute atomic E-state index is 12.6. The maximum Gasteiger partial charge on any atom is 0.266 e. The van der Waals surface area contributed by atoms with Crippen LogP contribution in [-0.2, 0) is 11.3 Å². The standard InChI is InChI=1S/C19H14BrN3O4S/c20-14-7-9-17(10-8-14)23(28(26)27)18-6-1-3-13(11-18)19(24)21-15-4-2-5-16(12-15)22-25/h1-12H,(H,21,24)(H,26,27). The van der Waals surface area contributed by atoms with Crippen LogP contribution in [-0.4, -0.2) is 14.7 Å². The molecule has 3 rings (SSSR count). The Labute approximate surface area is 171 Å². The Bertz CT molecular complexity index is 1040. The van der Waals surface area contributed by atoms with Crippen molar-refractivity contribution < 1.29 is 13.6 Å². The van der Waals surface area contributed by atoms with Crippen LogP contribution in [0.25, 0.3) is 0 Å². The molecule has 142 valence electrons. The summed E-state index contributed by atoms with van der Waals surface area (Å²) >= 11 is 0.988. The molecule has 0 heterocycles. The molecule has 7 nitrogen and oxygen atoms in total. The van der Waals surface area contributed by atoms with E-state index in [2.05, 4.69) is 26.4 Å². The van der Waals surface area contributed by atoms with Gasteiger partial charge < -0.3 is 5.32 Å². The molecule has 0 fully saturated rings. The molecule has 0 saturated carbocycles. The number of nitrogens with one attached hydrogen (secondary N) is 1. The number of hydrogen-bond donors (Lipinski definition) is 2. The molecule has 0 aliphatic carbocycles. The highest BCUT2D eigenvalue weighted by atomic mass is 79.9. The SMILES string of the molecule is O=Nc1cccc(NC(=O)c2cccc(N(c3ccc(Br)cc3)S(=O)O)c2)c1. The average Bonchev–Trinajstić information content (AvgIpc) is 2.70. The van der Waals surface area contributed by atoms with Crippen molar-refractivity contribution in [2.75, 3.05) is 9.62 Å². The van der Waals surface area contributed by atoms with Gasteiger partial charge in [-0.3, -0.25) is 9.35 Å². The number of nitroso groups, excluding NO2 is 1. The highest BCUT2D eigenvalue weighted by molar-refractivity contribution is 9.10. The Morgan fingerprint density at radius 2 is 1.71 bits per heavy atom. The van der Waals surface area contributed by atoms with E-state index in [0.29, 0.717) is 17.1 Å². The van der Waals surface area contributed by atoms with Gasteiger partial charge in [0.05, 0.1) is 11.4 Å². The van der Waals surface area contributed by atoms with Gasteiger partial charge in [0.1, 0.15) is 5.69 Å². The summed E-state index contributed by atoms with van der Waals surface area (Å²) in [6.45, 7) is 0. The molecule has 0 aliphatic rings. The van der Waals surface area contributed by atoms with E-state index in [0.717, 1.165) is 4.47 Å². The number of carbonyl (C=O) groups excluding carboxylic acids is 1. The molecule has 0 aliphatic heterocycles.